The normalized spacial score (nSPS) is 20.5. The number of hydrogen-bond donors (Lipinski definition) is 2. The van der Waals surface area contributed by atoms with Crippen LogP contribution in [0.4, 0.5) is 4.39 Å². The summed E-state index contributed by atoms with van der Waals surface area (Å²) in [5, 5.41) is 9.33. The fourth-order valence-corrected chi connectivity index (χ4v) is 2.58. The number of benzene rings is 1. The summed E-state index contributed by atoms with van der Waals surface area (Å²) in [5.74, 6) is -0.276. The number of nitrogens with one attached hydrogen (secondary N) is 2. The number of rotatable bonds is 4. The van der Waals surface area contributed by atoms with Gasteiger partial charge >= 0.3 is 0 Å². The molecule has 8 heteroatoms. The summed E-state index contributed by atoms with van der Waals surface area (Å²) in [7, 11) is 0. The van der Waals surface area contributed by atoms with Gasteiger partial charge in [0.15, 0.2) is 5.75 Å². The first-order valence-corrected chi connectivity index (χ1v) is 7.42. The highest BCUT2D eigenvalue weighted by Gasteiger charge is 2.32. The third-order valence-electron chi connectivity index (χ3n) is 3.60. The fraction of sp³-hybridized carbons (Fsp3) is 0.333. The molecule has 1 aliphatic rings. The molecule has 1 saturated heterocycles. The summed E-state index contributed by atoms with van der Waals surface area (Å²) in [6.45, 7) is 2.25. The first-order chi connectivity index (χ1) is 11.0. The lowest BCUT2D eigenvalue weighted by atomic mass is 10.1. The summed E-state index contributed by atoms with van der Waals surface area (Å²) < 4.78 is 24.5. The number of hydrogen-bond acceptors (Lipinski definition) is 4. The van der Waals surface area contributed by atoms with Crippen molar-refractivity contribution >= 4 is 17.5 Å². The first-order valence-electron chi connectivity index (χ1n) is 7.04. The first kappa shape index (κ1) is 15.8. The van der Waals surface area contributed by atoms with Gasteiger partial charge in [0.2, 0.25) is 0 Å². The summed E-state index contributed by atoms with van der Waals surface area (Å²) in [6.07, 6.45) is 2.81. The Morgan fingerprint density at radius 3 is 3.09 bits per heavy atom. The van der Waals surface area contributed by atoms with Crippen LogP contribution in [0.1, 0.15) is 15.9 Å². The molecule has 0 spiro atoms. The van der Waals surface area contributed by atoms with Gasteiger partial charge in [0.25, 0.3) is 5.91 Å². The second-order valence-corrected chi connectivity index (χ2v) is 5.70. The highest BCUT2D eigenvalue weighted by Crippen LogP contribution is 2.21. The van der Waals surface area contributed by atoms with Crippen molar-refractivity contribution in [1.82, 2.24) is 15.5 Å². The average Bonchev–Trinajstić information content (AvgIpc) is 3.16. The Morgan fingerprint density at radius 2 is 2.35 bits per heavy atom. The number of carbonyl (C=O) groups is 1. The van der Waals surface area contributed by atoms with E-state index in [0.717, 1.165) is 6.07 Å². The molecule has 1 aromatic heterocycles. The van der Waals surface area contributed by atoms with E-state index in [1.165, 1.54) is 12.3 Å². The summed E-state index contributed by atoms with van der Waals surface area (Å²) in [4.78, 5) is 12.4. The van der Waals surface area contributed by atoms with Crippen molar-refractivity contribution in [3.05, 3.63) is 46.5 Å². The highest BCUT2D eigenvalue weighted by molar-refractivity contribution is 6.33. The molecule has 3 rings (SSSR count). The zero-order valence-electron chi connectivity index (χ0n) is 12.3. The molecule has 0 bridgehead atoms. The van der Waals surface area contributed by atoms with Crippen LogP contribution < -0.4 is 10.1 Å². The van der Waals surface area contributed by atoms with E-state index in [2.05, 4.69) is 15.5 Å². The number of amides is 1. The van der Waals surface area contributed by atoms with E-state index in [4.69, 9.17) is 21.1 Å². The van der Waals surface area contributed by atoms with Gasteiger partial charge in [-0.25, -0.2) is 4.39 Å². The standard InChI is InChI=1S/C15H15ClFN3O3/c1-8-2-10(11(16)3-12(8)17)15(21)20-13-6-22-7-14(13)23-9-4-18-19-5-9/h2-5,13-14H,6-7H2,1H3,(H,18,19)(H,20,21)/t13-,14+/m0/s1. The van der Waals surface area contributed by atoms with Crippen LogP contribution in [0.2, 0.25) is 5.02 Å². The predicted molar refractivity (Wildman–Crippen MR) is 81.2 cm³/mol. The van der Waals surface area contributed by atoms with Gasteiger partial charge in [-0.1, -0.05) is 11.6 Å². The second-order valence-electron chi connectivity index (χ2n) is 5.29. The number of aromatic nitrogens is 2. The molecule has 2 atom stereocenters. The maximum atomic E-state index is 13.4. The highest BCUT2D eigenvalue weighted by atomic mass is 35.5. The maximum Gasteiger partial charge on any atom is 0.253 e. The molecule has 0 aliphatic carbocycles. The largest absolute Gasteiger partial charge is 0.482 e. The van der Waals surface area contributed by atoms with Crippen LogP contribution in [0.25, 0.3) is 0 Å². The Morgan fingerprint density at radius 1 is 1.52 bits per heavy atom. The Kier molecular flexibility index (Phi) is 4.49. The Bertz CT molecular complexity index is 708. The number of carbonyl (C=O) groups excluding carboxylic acids is 1. The summed E-state index contributed by atoms with van der Waals surface area (Å²) in [6, 6.07) is 2.23. The number of aromatic amines is 1. The summed E-state index contributed by atoms with van der Waals surface area (Å²) >= 11 is 5.96. The lowest BCUT2D eigenvalue weighted by Crippen LogP contribution is -2.45. The molecule has 1 amide bonds. The van der Waals surface area contributed by atoms with E-state index in [0.29, 0.717) is 24.5 Å². The quantitative estimate of drug-likeness (QED) is 0.894. The Labute approximate surface area is 136 Å². The van der Waals surface area contributed by atoms with Crippen LogP contribution >= 0.6 is 11.6 Å². The minimum Gasteiger partial charge on any atom is -0.482 e. The number of H-pyrrole nitrogens is 1. The minimum absolute atomic E-state index is 0.0665. The van der Waals surface area contributed by atoms with Crippen molar-refractivity contribution in [2.24, 2.45) is 0 Å². The molecule has 122 valence electrons. The molecule has 2 heterocycles. The Hall–Kier alpha value is -2.12. The van der Waals surface area contributed by atoms with E-state index >= 15 is 0 Å². The molecule has 1 aliphatic heterocycles. The van der Waals surface area contributed by atoms with Crippen LogP contribution in [-0.2, 0) is 4.74 Å². The number of halogens is 2. The van der Waals surface area contributed by atoms with Crippen LogP contribution in [0.5, 0.6) is 5.75 Å². The topological polar surface area (TPSA) is 76.2 Å². The smallest absolute Gasteiger partial charge is 0.253 e. The SMILES string of the molecule is Cc1cc(C(=O)N[C@H]2COC[C@H]2Oc2cn[nH]c2)c(Cl)cc1F. The monoisotopic (exact) mass is 339 g/mol. The van der Waals surface area contributed by atoms with Gasteiger partial charge in [-0.2, -0.15) is 5.10 Å². The zero-order chi connectivity index (χ0) is 16.4. The van der Waals surface area contributed by atoms with Crippen molar-refractivity contribution in [3.63, 3.8) is 0 Å². The van der Waals surface area contributed by atoms with Crippen molar-refractivity contribution in [2.45, 2.75) is 19.1 Å². The molecule has 23 heavy (non-hydrogen) atoms. The zero-order valence-corrected chi connectivity index (χ0v) is 13.1. The molecular formula is C15H15ClFN3O3. The van der Waals surface area contributed by atoms with E-state index in [1.54, 1.807) is 13.1 Å². The Balaban J connectivity index is 1.70. The fourth-order valence-electron chi connectivity index (χ4n) is 2.34. The van der Waals surface area contributed by atoms with Crippen molar-refractivity contribution < 1.29 is 18.7 Å². The molecule has 2 N–H and O–H groups in total. The van der Waals surface area contributed by atoms with Crippen molar-refractivity contribution in [1.29, 1.82) is 0 Å². The molecule has 0 saturated carbocycles. The van der Waals surface area contributed by atoms with Crippen LogP contribution in [0.3, 0.4) is 0 Å². The average molecular weight is 340 g/mol. The van der Waals surface area contributed by atoms with Gasteiger partial charge in [-0.3, -0.25) is 9.89 Å². The number of nitrogens with zero attached hydrogens (tertiary/aromatic N) is 1. The van der Waals surface area contributed by atoms with Crippen LogP contribution in [-0.4, -0.2) is 41.5 Å². The predicted octanol–water partition coefficient (Wildman–Crippen LogP) is 2.09. The lowest BCUT2D eigenvalue weighted by Gasteiger charge is -2.20. The second kappa shape index (κ2) is 6.55. The number of aryl methyl sites for hydroxylation is 1. The lowest BCUT2D eigenvalue weighted by molar-refractivity contribution is 0.0904. The molecule has 6 nitrogen and oxygen atoms in total. The van der Waals surface area contributed by atoms with Crippen LogP contribution in [0, 0.1) is 12.7 Å². The third kappa shape index (κ3) is 3.46. The van der Waals surface area contributed by atoms with Gasteiger partial charge in [0, 0.05) is 0 Å². The van der Waals surface area contributed by atoms with Crippen molar-refractivity contribution in [2.75, 3.05) is 13.2 Å². The molecular weight excluding hydrogens is 325 g/mol. The van der Waals surface area contributed by atoms with Crippen LogP contribution in [0.15, 0.2) is 24.5 Å². The summed E-state index contributed by atoms with van der Waals surface area (Å²) in [5.41, 5.74) is 0.577. The van der Waals surface area contributed by atoms with Gasteiger partial charge in [0.1, 0.15) is 11.9 Å². The molecule has 0 radical (unpaired) electrons. The van der Waals surface area contributed by atoms with Gasteiger partial charge in [-0.15, -0.1) is 0 Å². The van der Waals surface area contributed by atoms with E-state index < -0.39 is 11.7 Å². The van der Waals surface area contributed by atoms with E-state index in [-0.39, 0.29) is 22.7 Å². The van der Waals surface area contributed by atoms with Gasteiger partial charge < -0.3 is 14.8 Å². The van der Waals surface area contributed by atoms with E-state index in [1.807, 2.05) is 0 Å². The van der Waals surface area contributed by atoms with E-state index in [9.17, 15) is 9.18 Å². The van der Waals surface area contributed by atoms with Gasteiger partial charge in [0.05, 0.1) is 42.2 Å². The molecule has 1 fully saturated rings. The van der Waals surface area contributed by atoms with Gasteiger partial charge in [-0.05, 0) is 24.6 Å². The third-order valence-corrected chi connectivity index (χ3v) is 3.91. The van der Waals surface area contributed by atoms with Crippen molar-refractivity contribution in [3.8, 4) is 5.75 Å². The molecule has 2 aromatic rings. The molecule has 0 unspecified atom stereocenters. The minimum atomic E-state index is -0.447. The number of ether oxygens (including phenoxy) is 2. The maximum absolute atomic E-state index is 13.4. The molecule has 1 aromatic carbocycles.